The Morgan fingerprint density at radius 1 is 1.05 bits per heavy atom. The molecule has 1 aromatic carbocycles. The lowest BCUT2D eigenvalue weighted by Crippen LogP contribution is -2.44. The molecule has 42 heavy (non-hydrogen) atoms. The van der Waals surface area contributed by atoms with Crippen LogP contribution < -0.4 is 24.4 Å². The molecule has 1 aliphatic rings. The molecule has 0 bridgehead atoms. The number of likely N-dealkylation sites (N-methyl/N-ethyl adjacent to an activating group) is 1. The van der Waals surface area contributed by atoms with Crippen LogP contribution in [0.3, 0.4) is 0 Å². The normalized spacial score (nSPS) is 14.2. The Kier molecular flexibility index (Phi) is 8.51. The Morgan fingerprint density at radius 2 is 1.81 bits per heavy atom. The standard InChI is InChI=1S/C31H39N7O3S/c1-31(2,3)25-19-22(28(40-6)29(34-25)35-42-7)33-30(39)23-17-20-9-8-10-24(27(20)37(23)5)41-21-11-12-32-26(18-21)38-15-13-36(4)14-16-38/h8-12,17-19H,13-16H2,1-7H3,(H2,33,34,35,39). The highest BCUT2D eigenvalue weighted by molar-refractivity contribution is 7.99. The first kappa shape index (κ1) is 29.5. The number of para-hydroxylation sites is 1. The molecule has 10 nitrogen and oxygen atoms in total. The molecule has 0 spiro atoms. The smallest absolute Gasteiger partial charge is 0.272 e. The summed E-state index contributed by atoms with van der Waals surface area (Å²) >= 11 is 1.41. The third-order valence-corrected chi connectivity index (χ3v) is 7.81. The number of carbonyl (C=O) groups excluding carboxylic acids is 1. The highest BCUT2D eigenvalue weighted by Gasteiger charge is 2.24. The lowest BCUT2D eigenvalue weighted by molar-refractivity contribution is 0.101. The highest BCUT2D eigenvalue weighted by Crippen LogP contribution is 2.38. The molecule has 0 saturated carbocycles. The Hall–Kier alpha value is -3.96. The van der Waals surface area contributed by atoms with E-state index in [1.165, 1.54) is 11.9 Å². The molecule has 3 aromatic heterocycles. The topological polar surface area (TPSA) is 96.8 Å². The van der Waals surface area contributed by atoms with Crippen molar-refractivity contribution in [1.82, 2.24) is 19.4 Å². The largest absolute Gasteiger partial charge is 0.491 e. The quantitative estimate of drug-likeness (QED) is 0.249. The third-order valence-electron chi connectivity index (χ3n) is 7.42. The summed E-state index contributed by atoms with van der Waals surface area (Å²) in [6.45, 7) is 10.1. The van der Waals surface area contributed by atoms with Crippen molar-refractivity contribution < 1.29 is 14.3 Å². The number of anilines is 3. The van der Waals surface area contributed by atoms with Crippen molar-refractivity contribution in [3.8, 4) is 17.2 Å². The van der Waals surface area contributed by atoms with E-state index in [-0.39, 0.29) is 11.3 Å². The van der Waals surface area contributed by atoms with Crippen LogP contribution in [0.1, 0.15) is 37.0 Å². The van der Waals surface area contributed by atoms with E-state index in [0.29, 0.717) is 34.4 Å². The number of nitrogens with zero attached hydrogens (tertiary/aromatic N) is 5. The van der Waals surface area contributed by atoms with Gasteiger partial charge in [-0.05, 0) is 31.3 Å². The first-order valence-electron chi connectivity index (χ1n) is 13.9. The van der Waals surface area contributed by atoms with Crippen LogP contribution in [0.25, 0.3) is 10.9 Å². The predicted molar refractivity (Wildman–Crippen MR) is 172 cm³/mol. The second-order valence-electron chi connectivity index (χ2n) is 11.5. The average molecular weight is 590 g/mol. The summed E-state index contributed by atoms with van der Waals surface area (Å²) in [4.78, 5) is 27.6. The van der Waals surface area contributed by atoms with Crippen molar-refractivity contribution in [1.29, 1.82) is 0 Å². The van der Waals surface area contributed by atoms with Crippen LogP contribution in [0, 0.1) is 0 Å². The summed E-state index contributed by atoms with van der Waals surface area (Å²) in [5, 5.41) is 3.97. The van der Waals surface area contributed by atoms with E-state index in [4.69, 9.17) is 14.5 Å². The number of aromatic nitrogens is 3. The SMILES string of the molecule is COc1c(NC(=O)c2cc3cccc(Oc4ccnc(N5CCN(C)CC5)c4)c3n2C)cc(C(C)(C)C)nc1NSC. The molecule has 1 saturated heterocycles. The van der Waals surface area contributed by atoms with Crippen molar-refractivity contribution in [3.63, 3.8) is 0 Å². The minimum absolute atomic E-state index is 0.232. The molecule has 5 rings (SSSR count). The van der Waals surface area contributed by atoms with Crippen LogP contribution in [-0.2, 0) is 12.5 Å². The van der Waals surface area contributed by atoms with Crippen LogP contribution in [-0.4, -0.2) is 71.9 Å². The molecule has 1 fully saturated rings. The summed E-state index contributed by atoms with van der Waals surface area (Å²) in [5.41, 5.74) is 2.46. The van der Waals surface area contributed by atoms with E-state index in [2.05, 4.69) is 52.6 Å². The number of hydrogen-bond acceptors (Lipinski definition) is 9. The highest BCUT2D eigenvalue weighted by atomic mass is 32.2. The van der Waals surface area contributed by atoms with E-state index in [1.807, 2.05) is 60.3 Å². The first-order valence-corrected chi connectivity index (χ1v) is 15.2. The van der Waals surface area contributed by atoms with Gasteiger partial charge in [-0.1, -0.05) is 44.9 Å². The van der Waals surface area contributed by atoms with Crippen molar-refractivity contribution in [2.24, 2.45) is 7.05 Å². The van der Waals surface area contributed by atoms with Gasteiger partial charge in [0.1, 0.15) is 17.3 Å². The number of fused-ring (bicyclic) bond motifs is 1. The number of carbonyl (C=O) groups is 1. The Bertz CT molecular complexity index is 1590. The molecule has 0 aliphatic carbocycles. The van der Waals surface area contributed by atoms with E-state index < -0.39 is 0 Å². The second-order valence-corrected chi connectivity index (χ2v) is 12.1. The third kappa shape index (κ3) is 6.12. The van der Waals surface area contributed by atoms with Gasteiger partial charge in [0.25, 0.3) is 5.91 Å². The van der Waals surface area contributed by atoms with E-state index in [0.717, 1.165) is 48.6 Å². The molecule has 0 radical (unpaired) electrons. The number of benzene rings is 1. The maximum Gasteiger partial charge on any atom is 0.272 e. The Balaban J connectivity index is 1.45. The van der Waals surface area contributed by atoms with Crippen LogP contribution in [0.15, 0.2) is 48.7 Å². The zero-order valence-electron chi connectivity index (χ0n) is 25.3. The summed E-state index contributed by atoms with van der Waals surface area (Å²) in [6, 6.07) is 13.4. The molecule has 0 unspecified atom stereocenters. The monoisotopic (exact) mass is 589 g/mol. The molecule has 2 N–H and O–H groups in total. The first-order chi connectivity index (χ1) is 20.1. The number of piperazine rings is 1. The molecule has 11 heteroatoms. The molecule has 1 amide bonds. The van der Waals surface area contributed by atoms with Crippen molar-refractivity contribution in [3.05, 3.63) is 60.0 Å². The number of pyridine rings is 2. The van der Waals surface area contributed by atoms with Gasteiger partial charge in [-0.2, -0.15) is 0 Å². The van der Waals surface area contributed by atoms with Gasteiger partial charge in [0.2, 0.25) is 0 Å². The van der Waals surface area contributed by atoms with Crippen molar-refractivity contribution in [2.75, 3.05) is 61.5 Å². The number of hydrogen-bond donors (Lipinski definition) is 2. The number of aryl methyl sites for hydroxylation is 1. The van der Waals surface area contributed by atoms with Gasteiger partial charge >= 0.3 is 0 Å². The molecule has 222 valence electrons. The van der Waals surface area contributed by atoms with Gasteiger partial charge in [-0.15, -0.1) is 0 Å². The van der Waals surface area contributed by atoms with Gasteiger partial charge in [-0.3, -0.25) is 4.79 Å². The van der Waals surface area contributed by atoms with Crippen molar-refractivity contribution >= 4 is 46.1 Å². The lowest BCUT2D eigenvalue weighted by atomic mass is 9.91. The van der Waals surface area contributed by atoms with Gasteiger partial charge in [0.15, 0.2) is 17.3 Å². The van der Waals surface area contributed by atoms with Gasteiger partial charge < -0.3 is 33.9 Å². The van der Waals surface area contributed by atoms with Crippen LogP contribution in [0.2, 0.25) is 0 Å². The number of amides is 1. The van der Waals surface area contributed by atoms with Crippen LogP contribution in [0.4, 0.5) is 17.3 Å². The van der Waals surface area contributed by atoms with Crippen molar-refractivity contribution in [2.45, 2.75) is 26.2 Å². The van der Waals surface area contributed by atoms with Crippen LogP contribution >= 0.6 is 11.9 Å². The minimum atomic E-state index is -0.264. The number of rotatable bonds is 8. The van der Waals surface area contributed by atoms with E-state index in [9.17, 15) is 4.79 Å². The summed E-state index contributed by atoms with van der Waals surface area (Å²) in [5.74, 6) is 3.03. The maximum absolute atomic E-state index is 13.7. The Morgan fingerprint density at radius 3 is 2.50 bits per heavy atom. The number of ether oxygens (including phenoxy) is 2. The molecule has 4 heterocycles. The Labute approximate surface area is 251 Å². The molecule has 1 aliphatic heterocycles. The molecular weight excluding hydrogens is 550 g/mol. The van der Waals surface area contributed by atoms with Gasteiger partial charge in [-0.25, -0.2) is 9.97 Å². The summed E-state index contributed by atoms with van der Waals surface area (Å²) in [7, 11) is 5.58. The zero-order valence-corrected chi connectivity index (χ0v) is 26.1. The van der Waals surface area contributed by atoms with Crippen LogP contribution in [0.5, 0.6) is 17.2 Å². The average Bonchev–Trinajstić information content (AvgIpc) is 3.30. The fourth-order valence-electron chi connectivity index (χ4n) is 5.05. The van der Waals surface area contributed by atoms with E-state index in [1.54, 1.807) is 13.3 Å². The lowest BCUT2D eigenvalue weighted by Gasteiger charge is -2.33. The van der Waals surface area contributed by atoms with Gasteiger partial charge in [0.05, 0.1) is 24.0 Å². The van der Waals surface area contributed by atoms with Gasteiger partial charge in [0, 0.05) is 62.5 Å². The maximum atomic E-state index is 13.7. The summed E-state index contributed by atoms with van der Waals surface area (Å²) in [6.07, 6.45) is 3.69. The molecule has 4 aromatic rings. The molecular formula is C31H39N7O3S. The summed E-state index contributed by atoms with van der Waals surface area (Å²) < 4.78 is 17.1. The fraction of sp³-hybridized carbons (Fsp3) is 0.387. The van der Waals surface area contributed by atoms with E-state index >= 15 is 0 Å². The zero-order chi connectivity index (χ0) is 30.0. The fourth-order valence-corrected chi connectivity index (χ4v) is 5.38. The minimum Gasteiger partial charge on any atom is -0.491 e. The molecule has 0 atom stereocenters. The predicted octanol–water partition coefficient (Wildman–Crippen LogP) is 5.76. The second kappa shape index (κ2) is 12.1. The number of nitrogens with one attached hydrogen (secondary N) is 2. The number of methoxy groups -OCH3 is 1.